The minimum atomic E-state index is -1.84. The molecule has 44 heavy (non-hydrogen) atoms. The maximum Gasteiger partial charge on any atom is 0.330 e. The zero-order valence-corrected chi connectivity index (χ0v) is 22.5. The van der Waals surface area contributed by atoms with Crippen molar-refractivity contribution in [1.29, 1.82) is 0 Å². The van der Waals surface area contributed by atoms with Crippen LogP contribution in [0.3, 0.4) is 0 Å². The molecule has 1 aliphatic heterocycles. The van der Waals surface area contributed by atoms with Gasteiger partial charge >= 0.3 is 5.97 Å². The van der Waals surface area contributed by atoms with Gasteiger partial charge in [-0.1, -0.05) is 12.1 Å². The molecule has 1 aliphatic rings. The second kappa shape index (κ2) is 12.1. The molecule has 0 saturated carbocycles. The van der Waals surface area contributed by atoms with Crippen molar-refractivity contribution in [3.63, 3.8) is 0 Å². The third kappa shape index (κ3) is 6.09. The van der Waals surface area contributed by atoms with Crippen LogP contribution in [0.5, 0.6) is 34.5 Å². The van der Waals surface area contributed by atoms with E-state index in [9.17, 15) is 50.4 Å². The number of phenols is 4. The minimum Gasteiger partial charge on any atom is -0.508 e. The van der Waals surface area contributed by atoms with Gasteiger partial charge in [0.15, 0.2) is 17.3 Å². The van der Waals surface area contributed by atoms with Gasteiger partial charge in [0.05, 0.1) is 0 Å². The lowest BCUT2D eigenvalue weighted by molar-refractivity contribution is -0.278. The van der Waals surface area contributed by atoms with Crippen molar-refractivity contribution < 1.29 is 64.3 Å². The summed E-state index contributed by atoms with van der Waals surface area (Å²) in [4.78, 5) is 24.9. The lowest BCUT2D eigenvalue weighted by atomic mass is 9.99. The third-order valence-electron chi connectivity index (χ3n) is 6.76. The van der Waals surface area contributed by atoms with Gasteiger partial charge in [0.25, 0.3) is 0 Å². The van der Waals surface area contributed by atoms with E-state index in [4.69, 9.17) is 18.6 Å². The van der Waals surface area contributed by atoms with E-state index >= 15 is 0 Å². The van der Waals surface area contributed by atoms with Crippen LogP contribution in [0.4, 0.5) is 0 Å². The van der Waals surface area contributed by atoms with E-state index in [2.05, 4.69) is 0 Å². The summed E-state index contributed by atoms with van der Waals surface area (Å²) < 4.78 is 21.8. The number of aliphatic hydroxyl groups excluding tert-OH is 3. The standard InChI is InChI=1S/C30H26O14/c31-15-5-1-13(2-6-15)3-8-22(35)41-12-21-24(36)26(38)28(40)30(44-21)43-19-9-14(4-7-17(19)33)29-27(39)25(37)23-18(34)10-16(32)11-20(23)42-29/h1-11,21,24,26,28,30-34,36,38-40H,12H2/b8-3+/t21-,24-,26+,28-,30+/m1/s1. The van der Waals surface area contributed by atoms with Gasteiger partial charge in [-0.2, -0.15) is 0 Å². The van der Waals surface area contributed by atoms with Crippen LogP contribution in [-0.4, -0.2) is 84.1 Å². The molecule has 4 aromatic rings. The summed E-state index contributed by atoms with van der Waals surface area (Å²) in [6.07, 6.45) is -5.94. The van der Waals surface area contributed by atoms with E-state index < -0.39 is 77.5 Å². The Kier molecular flexibility index (Phi) is 8.33. The minimum absolute atomic E-state index is 0.0195. The van der Waals surface area contributed by atoms with Crippen molar-refractivity contribution in [2.24, 2.45) is 0 Å². The van der Waals surface area contributed by atoms with Gasteiger partial charge in [-0.15, -0.1) is 0 Å². The summed E-state index contributed by atoms with van der Waals surface area (Å²) in [5.41, 5.74) is -0.689. The number of phenolic OH excluding ortho intramolecular Hbond substituents is 4. The number of benzene rings is 3. The predicted octanol–water partition coefficient (Wildman–Crippen LogP) is 1.43. The number of esters is 1. The summed E-state index contributed by atoms with van der Waals surface area (Å²) in [5.74, 6) is -3.99. The zero-order valence-electron chi connectivity index (χ0n) is 22.5. The molecule has 14 heteroatoms. The number of ether oxygens (including phenoxy) is 3. The molecule has 8 N–H and O–H groups in total. The average Bonchev–Trinajstić information content (AvgIpc) is 2.99. The first-order valence-electron chi connectivity index (χ1n) is 13.0. The zero-order chi connectivity index (χ0) is 31.7. The van der Waals surface area contributed by atoms with Crippen LogP contribution in [0, 0.1) is 0 Å². The molecule has 3 aromatic carbocycles. The lowest BCUT2D eigenvalue weighted by Crippen LogP contribution is -2.60. The summed E-state index contributed by atoms with van der Waals surface area (Å²) in [7, 11) is 0. The van der Waals surface area contributed by atoms with Gasteiger partial charge in [0.2, 0.25) is 17.5 Å². The quantitative estimate of drug-likeness (QED) is 0.109. The number of aliphatic hydroxyl groups is 3. The van der Waals surface area contributed by atoms with Crippen molar-refractivity contribution in [2.75, 3.05) is 6.61 Å². The van der Waals surface area contributed by atoms with E-state index in [-0.39, 0.29) is 28.0 Å². The Labute approximate surface area is 247 Å². The van der Waals surface area contributed by atoms with Crippen molar-refractivity contribution in [2.45, 2.75) is 30.7 Å². The summed E-state index contributed by atoms with van der Waals surface area (Å²) in [6.45, 7) is -0.564. The second-order valence-corrected chi connectivity index (χ2v) is 9.82. The highest BCUT2D eigenvalue weighted by Crippen LogP contribution is 2.39. The van der Waals surface area contributed by atoms with Crippen LogP contribution in [0.2, 0.25) is 0 Å². The van der Waals surface area contributed by atoms with Crippen molar-refractivity contribution in [3.05, 3.63) is 76.5 Å². The molecule has 5 rings (SSSR count). The topological polar surface area (TPSA) is 237 Å². The molecule has 0 radical (unpaired) electrons. The molecule has 0 spiro atoms. The summed E-state index contributed by atoms with van der Waals surface area (Å²) in [5, 5.41) is 81.0. The molecule has 1 saturated heterocycles. The van der Waals surface area contributed by atoms with E-state index in [1.807, 2.05) is 0 Å². The molecule has 1 fully saturated rings. The second-order valence-electron chi connectivity index (χ2n) is 9.82. The molecule has 5 atom stereocenters. The van der Waals surface area contributed by atoms with Crippen LogP contribution in [-0.2, 0) is 14.3 Å². The highest BCUT2D eigenvalue weighted by atomic mass is 16.7. The van der Waals surface area contributed by atoms with Crippen molar-refractivity contribution >= 4 is 23.0 Å². The maximum atomic E-state index is 12.7. The van der Waals surface area contributed by atoms with Crippen LogP contribution in [0.15, 0.2) is 69.9 Å². The number of fused-ring (bicyclic) bond motifs is 1. The summed E-state index contributed by atoms with van der Waals surface area (Å²) >= 11 is 0. The van der Waals surface area contributed by atoms with Crippen LogP contribution in [0.1, 0.15) is 5.56 Å². The molecule has 0 bridgehead atoms. The van der Waals surface area contributed by atoms with Crippen molar-refractivity contribution in [3.8, 4) is 45.8 Å². The van der Waals surface area contributed by atoms with Crippen molar-refractivity contribution in [1.82, 2.24) is 0 Å². The van der Waals surface area contributed by atoms with Gasteiger partial charge in [-0.05, 0) is 42.0 Å². The van der Waals surface area contributed by atoms with Crippen LogP contribution < -0.4 is 10.2 Å². The Morgan fingerprint density at radius 1 is 0.841 bits per heavy atom. The molecular formula is C30H26O14. The third-order valence-corrected chi connectivity index (χ3v) is 6.76. The molecule has 14 nitrogen and oxygen atoms in total. The Bertz CT molecular complexity index is 1780. The first kappa shape index (κ1) is 30.2. The molecule has 2 heterocycles. The van der Waals surface area contributed by atoms with Gasteiger partial charge in [0, 0.05) is 23.8 Å². The Balaban J connectivity index is 1.34. The highest BCUT2D eigenvalue weighted by molar-refractivity contribution is 5.88. The monoisotopic (exact) mass is 610 g/mol. The van der Waals surface area contributed by atoms with E-state index in [1.165, 1.54) is 24.3 Å². The number of hydrogen-bond acceptors (Lipinski definition) is 14. The molecule has 1 aromatic heterocycles. The van der Waals surface area contributed by atoms with E-state index in [1.54, 1.807) is 12.1 Å². The number of rotatable bonds is 7. The Morgan fingerprint density at radius 3 is 2.30 bits per heavy atom. The fraction of sp³-hybridized carbons (Fsp3) is 0.200. The lowest BCUT2D eigenvalue weighted by Gasteiger charge is -2.39. The molecule has 230 valence electrons. The SMILES string of the molecule is O=C(/C=C/c1ccc(O)cc1)OC[C@H]1O[C@H](Oc2cc(-c3oc4cc(O)cc(O)c4c(=O)c3O)ccc2O)[C@H](O)[C@@H](O)[C@@H]1O. The molecule has 0 unspecified atom stereocenters. The van der Waals surface area contributed by atoms with Gasteiger partial charge in [-0.3, -0.25) is 4.79 Å². The largest absolute Gasteiger partial charge is 0.508 e. The predicted molar refractivity (Wildman–Crippen MR) is 150 cm³/mol. The fourth-order valence-electron chi connectivity index (χ4n) is 4.46. The number of carbonyl (C=O) groups excluding carboxylic acids is 1. The Morgan fingerprint density at radius 2 is 1.57 bits per heavy atom. The number of carbonyl (C=O) groups is 1. The van der Waals surface area contributed by atoms with E-state index in [0.717, 1.165) is 30.3 Å². The first-order valence-corrected chi connectivity index (χ1v) is 13.0. The normalized spacial score (nSPS) is 21.8. The number of hydrogen-bond donors (Lipinski definition) is 8. The Hall–Kier alpha value is -5.28. The van der Waals surface area contributed by atoms with Gasteiger partial charge in [-0.25, -0.2) is 4.79 Å². The summed E-state index contributed by atoms with van der Waals surface area (Å²) in [6, 6.07) is 11.4. The van der Waals surface area contributed by atoms with Crippen LogP contribution >= 0.6 is 0 Å². The van der Waals surface area contributed by atoms with Gasteiger partial charge < -0.3 is 59.5 Å². The first-order chi connectivity index (χ1) is 20.9. The molecule has 0 aliphatic carbocycles. The number of aromatic hydroxyl groups is 5. The van der Waals surface area contributed by atoms with Crippen LogP contribution in [0.25, 0.3) is 28.4 Å². The fourth-order valence-corrected chi connectivity index (χ4v) is 4.46. The highest BCUT2D eigenvalue weighted by Gasteiger charge is 2.45. The molecule has 0 amide bonds. The van der Waals surface area contributed by atoms with Gasteiger partial charge in [0.1, 0.15) is 59.2 Å². The molecular weight excluding hydrogens is 584 g/mol. The average molecular weight is 611 g/mol. The maximum absolute atomic E-state index is 12.7. The van der Waals surface area contributed by atoms with E-state index in [0.29, 0.717) is 5.56 Å². The smallest absolute Gasteiger partial charge is 0.330 e.